The number of hydrogen-bond acceptors (Lipinski definition) is 7. The lowest BCUT2D eigenvalue weighted by molar-refractivity contribution is -0.123. The molecule has 3 aromatic rings. The Morgan fingerprint density at radius 1 is 1.03 bits per heavy atom. The molecule has 0 fully saturated rings. The fraction of sp³-hybridized carbons (Fsp3) is 0.190. The highest BCUT2D eigenvalue weighted by molar-refractivity contribution is 5.89. The monoisotopic (exact) mass is 395 g/mol. The van der Waals surface area contributed by atoms with Gasteiger partial charge in [0.25, 0.3) is 5.91 Å². The van der Waals surface area contributed by atoms with Gasteiger partial charge in [-0.15, -0.1) is 0 Å². The highest BCUT2D eigenvalue weighted by Gasteiger charge is 2.12. The van der Waals surface area contributed by atoms with E-state index in [-0.39, 0.29) is 6.61 Å². The Kier molecular flexibility index (Phi) is 6.47. The molecule has 8 nitrogen and oxygen atoms in total. The molecule has 0 aliphatic rings. The molecule has 0 radical (unpaired) electrons. The van der Waals surface area contributed by atoms with Crippen molar-refractivity contribution in [3.8, 4) is 23.0 Å². The summed E-state index contributed by atoms with van der Waals surface area (Å²) in [5, 5.41) is 4.90. The molecular formula is C21H21N3O5. The Bertz CT molecular complexity index is 1010. The van der Waals surface area contributed by atoms with E-state index in [2.05, 4.69) is 15.5 Å². The minimum Gasteiger partial charge on any atom is -0.496 e. The first-order valence-electron chi connectivity index (χ1n) is 8.74. The summed E-state index contributed by atoms with van der Waals surface area (Å²) >= 11 is 0. The van der Waals surface area contributed by atoms with E-state index >= 15 is 0 Å². The maximum absolute atomic E-state index is 12.1. The molecule has 1 heterocycles. The van der Waals surface area contributed by atoms with Crippen LogP contribution in [0.5, 0.6) is 23.0 Å². The van der Waals surface area contributed by atoms with Crippen LogP contribution in [0.2, 0.25) is 0 Å². The zero-order chi connectivity index (χ0) is 20.6. The van der Waals surface area contributed by atoms with Crippen LogP contribution in [-0.2, 0) is 4.79 Å². The van der Waals surface area contributed by atoms with Crippen LogP contribution in [0, 0.1) is 0 Å². The van der Waals surface area contributed by atoms with E-state index in [1.54, 1.807) is 31.5 Å². The fourth-order valence-corrected chi connectivity index (χ4v) is 2.70. The lowest BCUT2D eigenvalue weighted by Gasteiger charge is -2.12. The van der Waals surface area contributed by atoms with E-state index in [1.807, 2.05) is 24.3 Å². The summed E-state index contributed by atoms with van der Waals surface area (Å²) in [7, 11) is 4.60. The molecule has 29 heavy (non-hydrogen) atoms. The van der Waals surface area contributed by atoms with Crippen molar-refractivity contribution in [2.75, 3.05) is 27.9 Å². The van der Waals surface area contributed by atoms with Crippen LogP contribution < -0.4 is 24.4 Å². The maximum Gasteiger partial charge on any atom is 0.277 e. The summed E-state index contributed by atoms with van der Waals surface area (Å²) in [4.78, 5) is 16.4. The van der Waals surface area contributed by atoms with Crippen molar-refractivity contribution >= 4 is 23.0 Å². The number of aromatic nitrogens is 1. The lowest BCUT2D eigenvalue weighted by Crippen LogP contribution is -2.24. The second-order valence-electron chi connectivity index (χ2n) is 5.86. The first kappa shape index (κ1) is 19.9. The third-order valence-electron chi connectivity index (χ3n) is 4.09. The third kappa shape index (κ3) is 4.73. The van der Waals surface area contributed by atoms with Crippen molar-refractivity contribution in [2.45, 2.75) is 0 Å². The van der Waals surface area contributed by atoms with Crippen LogP contribution in [0.1, 0.15) is 5.56 Å². The number of rotatable bonds is 8. The summed E-state index contributed by atoms with van der Waals surface area (Å²) in [5.74, 6) is 1.69. The van der Waals surface area contributed by atoms with E-state index in [4.69, 9.17) is 18.9 Å². The number of ether oxygens (including phenoxy) is 4. The summed E-state index contributed by atoms with van der Waals surface area (Å²) < 4.78 is 21.5. The average Bonchev–Trinajstić information content (AvgIpc) is 2.77. The number of nitrogens with zero attached hydrogens (tertiary/aromatic N) is 2. The lowest BCUT2D eigenvalue weighted by atomic mass is 10.2. The number of para-hydroxylation sites is 1. The van der Waals surface area contributed by atoms with Crippen molar-refractivity contribution in [2.24, 2.45) is 5.10 Å². The van der Waals surface area contributed by atoms with Crippen LogP contribution in [0.15, 0.2) is 53.8 Å². The largest absolute Gasteiger partial charge is 0.496 e. The number of hydrogen-bond donors (Lipinski definition) is 1. The summed E-state index contributed by atoms with van der Waals surface area (Å²) in [6.07, 6.45) is 3.11. The Balaban J connectivity index is 1.65. The molecular weight excluding hydrogens is 374 g/mol. The summed E-state index contributed by atoms with van der Waals surface area (Å²) in [5.41, 5.74) is 3.68. The van der Waals surface area contributed by atoms with E-state index in [1.165, 1.54) is 20.4 Å². The smallest absolute Gasteiger partial charge is 0.277 e. The molecule has 2 aromatic carbocycles. The number of benzene rings is 2. The minimum atomic E-state index is -0.416. The Labute approximate surface area is 168 Å². The molecule has 0 unspecified atom stereocenters. The molecule has 0 saturated heterocycles. The molecule has 3 rings (SSSR count). The zero-order valence-corrected chi connectivity index (χ0v) is 16.3. The molecule has 1 amide bonds. The van der Waals surface area contributed by atoms with Crippen molar-refractivity contribution in [3.63, 3.8) is 0 Å². The van der Waals surface area contributed by atoms with Gasteiger partial charge in [-0.05, 0) is 12.1 Å². The number of pyridine rings is 1. The van der Waals surface area contributed by atoms with E-state index in [0.717, 1.165) is 5.39 Å². The second kappa shape index (κ2) is 9.41. The topological polar surface area (TPSA) is 91.3 Å². The van der Waals surface area contributed by atoms with Gasteiger partial charge in [0, 0.05) is 23.7 Å². The molecule has 8 heteroatoms. The minimum absolute atomic E-state index is 0.204. The van der Waals surface area contributed by atoms with Crippen LogP contribution in [-0.4, -0.2) is 45.0 Å². The van der Waals surface area contributed by atoms with Crippen molar-refractivity contribution in [1.82, 2.24) is 10.4 Å². The molecule has 1 aromatic heterocycles. The van der Waals surface area contributed by atoms with Crippen LogP contribution in [0.3, 0.4) is 0 Å². The molecule has 0 spiro atoms. The SMILES string of the molecule is COc1cc(OC)c(/C=N\NC(=O)COc2cccc3cccnc23)c(OC)c1. The van der Waals surface area contributed by atoms with Gasteiger partial charge in [-0.1, -0.05) is 18.2 Å². The predicted molar refractivity (Wildman–Crippen MR) is 109 cm³/mol. The number of carbonyl (C=O) groups is 1. The van der Waals surface area contributed by atoms with E-state index in [9.17, 15) is 4.79 Å². The van der Waals surface area contributed by atoms with Gasteiger partial charge < -0.3 is 18.9 Å². The molecule has 0 saturated carbocycles. The standard InChI is InChI=1S/C21H21N3O5/c1-26-15-10-18(27-2)16(19(11-15)28-3)12-23-24-20(25)13-29-17-8-4-6-14-7-5-9-22-21(14)17/h4-12H,13H2,1-3H3,(H,24,25)/b23-12-. The zero-order valence-electron chi connectivity index (χ0n) is 16.3. The Hall–Kier alpha value is -3.81. The Morgan fingerprint density at radius 2 is 1.76 bits per heavy atom. The van der Waals surface area contributed by atoms with Crippen molar-refractivity contribution < 1.29 is 23.7 Å². The highest BCUT2D eigenvalue weighted by Crippen LogP contribution is 2.32. The van der Waals surface area contributed by atoms with Gasteiger partial charge in [0.15, 0.2) is 6.61 Å². The van der Waals surface area contributed by atoms with Crippen LogP contribution in [0.4, 0.5) is 0 Å². The van der Waals surface area contributed by atoms with Crippen molar-refractivity contribution in [1.29, 1.82) is 0 Å². The Morgan fingerprint density at radius 3 is 2.45 bits per heavy atom. The van der Waals surface area contributed by atoms with Crippen molar-refractivity contribution in [3.05, 3.63) is 54.2 Å². The van der Waals surface area contributed by atoms with Gasteiger partial charge in [-0.3, -0.25) is 9.78 Å². The van der Waals surface area contributed by atoms with Crippen LogP contribution in [0.25, 0.3) is 10.9 Å². The molecule has 0 atom stereocenters. The van der Waals surface area contributed by atoms with Gasteiger partial charge in [0.05, 0.1) is 33.1 Å². The van der Waals surface area contributed by atoms with Gasteiger partial charge in [0.2, 0.25) is 0 Å². The van der Waals surface area contributed by atoms with Gasteiger partial charge in [0.1, 0.15) is 28.5 Å². The van der Waals surface area contributed by atoms with Gasteiger partial charge >= 0.3 is 0 Å². The average molecular weight is 395 g/mol. The number of amides is 1. The van der Waals surface area contributed by atoms with Crippen LogP contribution >= 0.6 is 0 Å². The summed E-state index contributed by atoms with van der Waals surface area (Å²) in [6.45, 7) is -0.204. The molecule has 150 valence electrons. The van der Waals surface area contributed by atoms with Gasteiger partial charge in [-0.25, -0.2) is 5.43 Å². The number of methoxy groups -OCH3 is 3. The number of hydrazone groups is 1. The highest BCUT2D eigenvalue weighted by atomic mass is 16.5. The first-order chi connectivity index (χ1) is 14.2. The van der Waals surface area contributed by atoms with E-state index in [0.29, 0.717) is 34.1 Å². The van der Waals surface area contributed by atoms with Gasteiger partial charge in [-0.2, -0.15) is 5.10 Å². The van der Waals surface area contributed by atoms with E-state index < -0.39 is 5.91 Å². The molecule has 0 bridgehead atoms. The second-order valence-corrected chi connectivity index (χ2v) is 5.86. The third-order valence-corrected chi connectivity index (χ3v) is 4.09. The number of nitrogens with one attached hydrogen (secondary N) is 1. The fourth-order valence-electron chi connectivity index (χ4n) is 2.70. The normalized spacial score (nSPS) is 10.7. The molecule has 1 N–H and O–H groups in total. The molecule has 0 aliphatic heterocycles. The number of carbonyl (C=O) groups excluding carboxylic acids is 1. The molecule has 0 aliphatic carbocycles. The first-order valence-corrected chi connectivity index (χ1v) is 8.74. The quantitative estimate of drug-likeness (QED) is 0.466. The number of fused-ring (bicyclic) bond motifs is 1. The predicted octanol–water partition coefficient (Wildman–Crippen LogP) is 2.79. The maximum atomic E-state index is 12.1. The summed E-state index contributed by atoms with van der Waals surface area (Å²) in [6, 6.07) is 12.7.